The van der Waals surface area contributed by atoms with Crippen LogP contribution in [0.2, 0.25) is 0 Å². The number of anilines is 1. The van der Waals surface area contributed by atoms with Gasteiger partial charge < -0.3 is 20.2 Å². The Morgan fingerprint density at radius 1 is 1.42 bits per heavy atom. The maximum Gasteiger partial charge on any atom is 0.390 e. The van der Waals surface area contributed by atoms with E-state index in [1.807, 2.05) is 0 Å². The highest BCUT2D eigenvalue weighted by molar-refractivity contribution is 5.92. The molecule has 1 N–H and O–H groups in total. The Kier molecular flexibility index (Phi) is 5.07. The van der Waals surface area contributed by atoms with Crippen LogP contribution in [0.5, 0.6) is 5.75 Å². The summed E-state index contributed by atoms with van der Waals surface area (Å²) in [5.74, 6) is -1.13. The van der Waals surface area contributed by atoms with Gasteiger partial charge in [0.05, 0.1) is 22.5 Å². The van der Waals surface area contributed by atoms with Crippen molar-refractivity contribution in [3.63, 3.8) is 0 Å². The number of nitro groups is 1. The van der Waals surface area contributed by atoms with Gasteiger partial charge in [-0.1, -0.05) is 6.07 Å². The van der Waals surface area contributed by atoms with Crippen molar-refractivity contribution in [2.75, 3.05) is 5.32 Å². The van der Waals surface area contributed by atoms with Gasteiger partial charge in [-0.2, -0.15) is 13.5 Å². The summed E-state index contributed by atoms with van der Waals surface area (Å²) < 4.78 is 30.4. The second-order valence-corrected chi connectivity index (χ2v) is 4.98. The zero-order chi connectivity index (χ0) is 17.9. The number of aromatic nitrogens is 2. The van der Waals surface area contributed by atoms with E-state index in [2.05, 4.69) is 15.2 Å². The van der Waals surface area contributed by atoms with E-state index >= 15 is 0 Å². The Morgan fingerprint density at radius 2 is 2.12 bits per heavy atom. The largest absolute Gasteiger partial charge is 0.433 e. The van der Waals surface area contributed by atoms with Crippen LogP contribution in [0.1, 0.15) is 11.3 Å². The lowest BCUT2D eigenvalue weighted by atomic mass is 10.2. The normalized spacial score (nSPS) is 10.7. The summed E-state index contributed by atoms with van der Waals surface area (Å²) in [5.41, 5.74) is 1.18. The molecule has 1 amide bonds. The Hall–Kier alpha value is -3.04. The Morgan fingerprint density at radius 3 is 2.71 bits per heavy atom. The lowest BCUT2D eigenvalue weighted by molar-refractivity contribution is -0.389. The minimum Gasteiger partial charge on any atom is -0.433 e. The molecule has 10 heteroatoms. The van der Waals surface area contributed by atoms with Crippen molar-refractivity contribution >= 4 is 17.4 Å². The Bertz CT molecular complexity index is 776. The zero-order valence-electron chi connectivity index (χ0n) is 12.8. The number of nitrogens with zero attached hydrogens (tertiary/aromatic N) is 3. The van der Waals surface area contributed by atoms with Crippen molar-refractivity contribution in [3.8, 4) is 5.75 Å². The highest BCUT2D eigenvalue weighted by Gasteiger charge is 2.18. The third-order valence-electron chi connectivity index (χ3n) is 3.08. The van der Waals surface area contributed by atoms with Crippen molar-refractivity contribution < 1.29 is 23.2 Å². The number of amides is 1. The van der Waals surface area contributed by atoms with E-state index in [-0.39, 0.29) is 23.8 Å². The van der Waals surface area contributed by atoms with E-state index < -0.39 is 17.4 Å². The van der Waals surface area contributed by atoms with Crippen molar-refractivity contribution in [1.82, 2.24) is 9.78 Å². The standard InChI is InChI=1S/C14H14F2N4O4/c1-8-3-4-10(11(5-8)24-14(15)16)17-13(21)7-19-9(2)6-12(18-19)20(22)23/h3-6,14H,7H2,1-2H3,(H,17,21). The molecule has 2 aromatic rings. The first-order chi connectivity index (χ1) is 11.3. The molecule has 0 unspecified atom stereocenters. The van der Waals surface area contributed by atoms with E-state index in [4.69, 9.17) is 0 Å². The van der Waals surface area contributed by atoms with Gasteiger partial charge >= 0.3 is 12.4 Å². The van der Waals surface area contributed by atoms with E-state index in [1.54, 1.807) is 19.9 Å². The molecule has 0 atom stereocenters. The van der Waals surface area contributed by atoms with E-state index in [1.165, 1.54) is 18.2 Å². The van der Waals surface area contributed by atoms with Crippen LogP contribution in [0.15, 0.2) is 24.3 Å². The number of benzene rings is 1. The first kappa shape index (κ1) is 17.3. The summed E-state index contributed by atoms with van der Waals surface area (Å²) in [5, 5.41) is 16.8. The molecule has 0 saturated carbocycles. The van der Waals surface area contributed by atoms with Crippen molar-refractivity contribution in [1.29, 1.82) is 0 Å². The molecule has 1 aromatic carbocycles. The van der Waals surface area contributed by atoms with Gasteiger partial charge in [0.2, 0.25) is 5.91 Å². The number of alkyl halides is 2. The molecule has 0 spiro atoms. The molecule has 0 aliphatic heterocycles. The summed E-state index contributed by atoms with van der Waals surface area (Å²) in [6.45, 7) is -0.0825. The second-order valence-electron chi connectivity index (χ2n) is 4.98. The number of nitrogens with one attached hydrogen (secondary N) is 1. The van der Waals surface area contributed by atoms with Crippen LogP contribution < -0.4 is 10.1 Å². The van der Waals surface area contributed by atoms with Gasteiger partial charge in [0.25, 0.3) is 0 Å². The maximum absolute atomic E-state index is 12.4. The minimum atomic E-state index is -3.03. The lowest BCUT2D eigenvalue weighted by Crippen LogP contribution is -2.21. The number of hydrogen-bond donors (Lipinski definition) is 1. The summed E-state index contributed by atoms with van der Waals surface area (Å²) in [6.07, 6.45) is 0. The quantitative estimate of drug-likeness (QED) is 0.644. The van der Waals surface area contributed by atoms with E-state index in [9.17, 15) is 23.7 Å². The molecule has 0 aliphatic carbocycles. The van der Waals surface area contributed by atoms with Gasteiger partial charge in [0, 0.05) is 0 Å². The fourth-order valence-corrected chi connectivity index (χ4v) is 1.99. The van der Waals surface area contributed by atoms with Gasteiger partial charge in [-0.25, -0.2) is 0 Å². The molecular formula is C14H14F2N4O4. The lowest BCUT2D eigenvalue weighted by Gasteiger charge is -2.12. The molecule has 8 nitrogen and oxygen atoms in total. The molecule has 0 bridgehead atoms. The molecule has 1 heterocycles. The van der Waals surface area contributed by atoms with E-state index in [0.29, 0.717) is 11.3 Å². The average molecular weight is 340 g/mol. The van der Waals surface area contributed by atoms with Gasteiger partial charge in [-0.3, -0.25) is 4.79 Å². The van der Waals surface area contributed by atoms with Crippen LogP contribution in [0.3, 0.4) is 0 Å². The molecule has 0 saturated heterocycles. The molecule has 0 fully saturated rings. The average Bonchev–Trinajstić information content (AvgIpc) is 2.83. The number of ether oxygens (including phenoxy) is 1. The first-order valence-electron chi connectivity index (χ1n) is 6.80. The maximum atomic E-state index is 12.4. The van der Waals surface area contributed by atoms with Crippen LogP contribution >= 0.6 is 0 Å². The molecule has 0 radical (unpaired) electrons. The van der Waals surface area contributed by atoms with Gasteiger partial charge in [-0.05, 0) is 36.5 Å². The van der Waals surface area contributed by atoms with Gasteiger partial charge in [-0.15, -0.1) is 0 Å². The number of carbonyl (C=O) groups excluding carboxylic acids is 1. The highest BCUT2D eigenvalue weighted by atomic mass is 19.3. The Labute approximate surface area is 135 Å². The van der Waals surface area contributed by atoms with Crippen molar-refractivity contribution in [2.45, 2.75) is 27.0 Å². The van der Waals surface area contributed by atoms with Crippen LogP contribution in [-0.2, 0) is 11.3 Å². The third kappa shape index (κ3) is 4.24. The summed E-state index contributed by atoms with van der Waals surface area (Å²) >= 11 is 0. The fourth-order valence-electron chi connectivity index (χ4n) is 1.99. The number of rotatable bonds is 6. The second kappa shape index (κ2) is 7.02. The highest BCUT2D eigenvalue weighted by Crippen LogP contribution is 2.27. The van der Waals surface area contributed by atoms with E-state index in [0.717, 1.165) is 4.68 Å². The predicted octanol–water partition coefficient (Wildman–Crippen LogP) is 2.65. The SMILES string of the molecule is Cc1ccc(NC(=O)Cn2nc([N+](=O)[O-])cc2C)c(OC(F)F)c1. The summed E-state index contributed by atoms with van der Waals surface area (Å²) in [7, 11) is 0. The summed E-state index contributed by atoms with van der Waals surface area (Å²) in [6, 6.07) is 5.65. The van der Waals surface area contributed by atoms with Crippen LogP contribution in [0, 0.1) is 24.0 Å². The topological polar surface area (TPSA) is 99.3 Å². The zero-order valence-corrected chi connectivity index (χ0v) is 12.8. The molecule has 24 heavy (non-hydrogen) atoms. The number of hydrogen-bond acceptors (Lipinski definition) is 5. The number of carbonyl (C=O) groups is 1. The molecule has 1 aromatic heterocycles. The van der Waals surface area contributed by atoms with Crippen LogP contribution in [0.4, 0.5) is 20.3 Å². The fraction of sp³-hybridized carbons (Fsp3) is 0.286. The minimum absolute atomic E-state index is 0.0743. The van der Waals surface area contributed by atoms with Gasteiger partial charge in [0.15, 0.2) is 0 Å². The smallest absolute Gasteiger partial charge is 0.390 e. The predicted molar refractivity (Wildman–Crippen MR) is 80.1 cm³/mol. The monoisotopic (exact) mass is 340 g/mol. The Balaban J connectivity index is 2.14. The van der Waals surface area contributed by atoms with Crippen molar-refractivity contribution in [3.05, 3.63) is 45.6 Å². The number of halogens is 2. The van der Waals surface area contributed by atoms with Crippen molar-refractivity contribution in [2.24, 2.45) is 0 Å². The molecule has 0 aliphatic rings. The van der Waals surface area contributed by atoms with Crippen LogP contribution in [0.25, 0.3) is 0 Å². The third-order valence-corrected chi connectivity index (χ3v) is 3.08. The molecular weight excluding hydrogens is 326 g/mol. The summed E-state index contributed by atoms with van der Waals surface area (Å²) in [4.78, 5) is 22.0. The van der Waals surface area contributed by atoms with Gasteiger partial charge in [0.1, 0.15) is 12.3 Å². The molecule has 128 valence electrons. The first-order valence-corrected chi connectivity index (χ1v) is 6.80. The number of aryl methyl sites for hydroxylation is 2. The molecule has 2 rings (SSSR count). The van der Waals surface area contributed by atoms with Crippen LogP contribution in [-0.4, -0.2) is 27.2 Å².